The smallest absolute Gasteiger partial charge is 0.237 e. The Kier molecular flexibility index (Phi) is 7.99. The quantitative estimate of drug-likeness (QED) is 0.165. The minimum atomic E-state index is 0.264. The fourth-order valence-electron chi connectivity index (χ4n) is 12.8. The van der Waals surface area contributed by atoms with Crippen LogP contribution < -0.4 is 0 Å². The first kappa shape index (κ1) is 40.8. The number of rotatable bonds is 4. The Bertz CT molecular complexity index is 5510. The fraction of sp³-hybridized carbons (Fsp3) is 0. The fourth-order valence-corrected chi connectivity index (χ4v) is 12.8. The molecule has 0 fully saturated rings. The Hall–Kier alpha value is -10.8. The maximum absolute atomic E-state index is 12.4. The van der Waals surface area contributed by atoms with Gasteiger partial charge in [-0.3, -0.25) is 0 Å². The third-order valence-corrected chi connectivity index (χ3v) is 15.9. The topological polar surface area (TPSA) is 82.4 Å². The van der Waals surface area contributed by atoms with Crippen molar-refractivity contribution in [3.05, 3.63) is 229 Å². The minimum Gasteiger partial charge on any atom is -0.454 e. The van der Waals surface area contributed by atoms with Gasteiger partial charge < -0.3 is 27.0 Å². The zero-order valence-corrected chi connectivity index (χ0v) is 40.2. The van der Waals surface area contributed by atoms with E-state index in [0.717, 1.165) is 120 Å². The van der Waals surface area contributed by atoms with Crippen molar-refractivity contribution in [1.29, 1.82) is 5.26 Å². The summed E-state index contributed by atoms with van der Waals surface area (Å²) < 4.78 is 27.7. The molecule has 0 aliphatic heterocycles. The summed E-state index contributed by atoms with van der Waals surface area (Å²) in [5, 5.41) is 24.0. The number of hydrogen-bond acceptors (Lipinski definition) is 4. The number of hydrogen-bond donors (Lipinski definition) is 0. The van der Waals surface area contributed by atoms with Crippen LogP contribution in [0.15, 0.2) is 226 Å². The molecule has 6 aromatic heterocycles. The van der Waals surface area contributed by atoms with Gasteiger partial charge in [0, 0.05) is 70.2 Å². The molecule has 8 nitrogen and oxygen atoms in total. The lowest BCUT2D eigenvalue weighted by Crippen LogP contribution is -2.11. The maximum atomic E-state index is 12.4. The van der Waals surface area contributed by atoms with Crippen LogP contribution in [0.4, 0.5) is 5.69 Å². The average molecular weight is 970 g/mol. The van der Waals surface area contributed by atoms with E-state index < -0.39 is 0 Å². The van der Waals surface area contributed by atoms with Gasteiger partial charge in [-0.25, -0.2) is 4.85 Å². The van der Waals surface area contributed by atoms with Crippen molar-refractivity contribution in [2.75, 3.05) is 0 Å². The van der Waals surface area contributed by atoms with Crippen LogP contribution in [0.5, 0.6) is 0 Å². The van der Waals surface area contributed by atoms with E-state index in [1.54, 1.807) is 0 Å². The van der Waals surface area contributed by atoms with E-state index in [0.29, 0.717) is 44.9 Å². The van der Waals surface area contributed by atoms with Crippen LogP contribution >= 0.6 is 0 Å². The van der Waals surface area contributed by atoms with Gasteiger partial charge in [0.15, 0.2) is 16.7 Å². The van der Waals surface area contributed by atoms with Crippen molar-refractivity contribution in [3.8, 4) is 34.3 Å². The summed E-state index contributed by atoms with van der Waals surface area (Å²) in [6.07, 6.45) is 0. The molecule has 6 heterocycles. The molecule has 0 spiro atoms. The largest absolute Gasteiger partial charge is 0.454 e. The summed E-state index contributed by atoms with van der Waals surface area (Å²) in [4.78, 5) is 4.79. The predicted octanol–water partition coefficient (Wildman–Crippen LogP) is 18.8. The molecule has 76 heavy (non-hydrogen) atoms. The summed E-state index contributed by atoms with van der Waals surface area (Å²) in [6.45, 7) is 9.88. The molecule has 0 saturated carbocycles. The molecule has 0 saturated heterocycles. The maximum Gasteiger partial charge on any atom is 0.237 e. The van der Waals surface area contributed by atoms with E-state index >= 15 is 0 Å². The summed E-state index contributed by atoms with van der Waals surface area (Å²) in [5.41, 5.74) is 12.9. The van der Waals surface area contributed by atoms with Crippen molar-refractivity contribution in [3.63, 3.8) is 0 Å². The van der Waals surface area contributed by atoms with Crippen LogP contribution in [-0.4, -0.2) is 13.7 Å². The molecule has 17 aromatic rings. The molecular formula is C68H35N5O3. The van der Waals surface area contributed by atoms with Gasteiger partial charge in [-0.15, -0.1) is 0 Å². The summed E-state index contributed by atoms with van der Waals surface area (Å²) in [7, 11) is 0. The molecular weight excluding hydrogens is 935 g/mol. The number of benzene rings is 11. The van der Waals surface area contributed by atoms with Gasteiger partial charge in [-0.05, 0) is 60.2 Å². The summed E-state index contributed by atoms with van der Waals surface area (Å²) in [6, 6.07) is 75.4. The Morgan fingerprint density at radius 3 is 1.09 bits per heavy atom. The second kappa shape index (κ2) is 14.9. The van der Waals surface area contributed by atoms with Gasteiger partial charge in [-0.1, -0.05) is 158 Å². The first-order valence-electron chi connectivity index (χ1n) is 25.3. The van der Waals surface area contributed by atoms with E-state index in [1.807, 2.05) is 84.9 Å². The average Bonchev–Trinajstić information content (AvgIpc) is 4.51. The molecule has 0 N–H and O–H groups in total. The molecule has 0 amide bonds. The molecule has 0 radical (unpaired) electrons. The van der Waals surface area contributed by atoms with Crippen LogP contribution in [0.25, 0.3) is 164 Å². The lowest BCUT2D eigenvalue weighted by Gasteiger charge is -2.26. The second-order valence-electron chi connectivity index (χ2n) is 19.6. The highest BCUT2D eigenvalue weighted by molar-refractivity contribution is 6.26. The van der Waals surface area contributed by atoms with Crippen LogP contribution in [0.3, 0.4) is 0 Å². The molecule has 8 heteroatoms. The Balaban J connectivity index is 1.19. The normalized spacial score (nSPS) is 12.2. The van der Waals surface area contributed by atoms with E-state index in [1.165, 1.54) is 0 Å². The highest BCUT2D eigenvalue weighted by atomic mass is 16.3. The molecule has 0 bridgehead atoms. The molecule has 11 aromatic carbocycles. The minimum absolute atomic E-state index is 0.264. The van der Waals surface area contributed by atoms with Gasteiger partial charge in [0.2, 0.25) is 5.69 Å². The zero-order valence-electron chi connectivity index (χ0n) is 40.2. The van der Waals surface area contributed by atoms with E-state index in [9.17, 15) is 11.8 Å². The van der Waals surface area contributed by atoms with Crippen molar-refractivity contribution in [2.45, 2.75) is 0 Å². The summed E-state index contributed by atoms with van der Waals surface area (Å²) in [5.74, 6) is 0. The van der Waals surface area contributed by atoms with Crippen LogP contribution in [0.2, 0.25) is 0 Å². The Labute approximate surface area is 430 Å². The SMILES string of the molecule is [C-]#[N+]c1c(-n2c3ccccc3c3ccc4c5ccccc5oc4c32)c(C#N)c(-c2ccccc2)c(-n2c3ccccc3c3ccc4c5ccccc5oc4c32)c1-n1c2ccccc2c2ccc3c4ccccc4oc3c21. The van der Waals surface area contributed by atoms with Gasteiger partial charge in [0.05, 0.1) is 62.3 Å². The summed E-state index contributed by atoms with van der Waals surface area (Å²) >= 11 is 0. The van der Waals surface area contributed by atoms with Gasteiger partial charge >= 0.3 is 0 Å². The third kappa shape index (κ3) is 5.14. The van der Waals surface area contributed by atoms with Crippen molar-refractivity contribution in [1.82, 2.24) is 13.7 Å². The van der Waals surface area contributed by atoms with Crippen LogP contribution in [-0.2, 0) is 0 Å². The standard InChI is InChI=1S/C68H35N5O3/c1-70-59-60(71-52-25-11-5-19-39(52)45-31-34-48-42-22-8-14-28-55(42)74-66(48)61(45)71)51(37-69)58(38-17-3-2-4-18-38)64(72-53-26-12-6-20-40(53)46-32-35-49-43-23-9-15-29-56(43)75-67(49)62(46)72)65(59)73-54-27-13-7-21-41(54)47-33-36-50-44-24-10-16-30-57(44)76-68(50)63(47)73/h2-36H. The van der Waals surface area contributed by atoms with Gasteiger partial charge in [0.1, 0.15) is 22.8 Å². The van der Waals surface area contributed by atoms with Gasteiger partial charge in [0.25, 0.3) is 0 Å². The molecule has 0 aliphatic carbocycles. The highest BCUT2D eigenvalue weighted by Crippen LogP contribution is 2.54. The van der Waals surface area contributed by atoms with E-state index in [-0.39, 0.29) is 5.69 Å². The van der Waals surface area contributed by atoms with E-state index in [2.05, 4.69) is 147 Å². The Morgan fingerprint density at radius 1 is 0.342 bits per heavy atom. The highest BCUT2D eigenvalue weighted by Gasteiger charge is 2.35. The monoisotopic (exact) mass is 969 g/mol. The number of para-hydroxylation sites is 6. The molecule has 0 aliphatic rings. The van der Waals surface area contributed by atoms with Crippen LogP contribution in [0.1, 0.15) is 5.56 Å². The number of nitrogens with zero attached hydrogens (tertiary/aromatic N) is 5. The van der Waals surface area contributed by atoms with Gasteiger partial charge in [-0.2, -0.15) is 5.26 Å². The van der Waals surface area contributed by atoms with Crippen molar-refractivity contribution in [2.24, 2.45) is 0 Å². The second-order valence-corrected chi connectivity index (χ2v) is 19.6. The lowest BCUT2D eigenvalue weighted by atomic mass is 9.93. The first-order valence-corrected chi connectivity index (χ1v) is 25.3. The zero-order chi connectivity index (χ0) is 49.9. The molecule has 350 valence electrons. The van der Waals surface area contributed by atoms with E-state index in [4.69, 9.17) is 18.1 Å². The number of nitriles is 1. The Morgan fingerprint density at radius 2 is 0.684 bits per heavy atom. The number of furan rings is 3. The number of aromatic nitrogens is 3. The lowest BCUT2D eigenvalue weighted by molar-refractivity contribution is 0.670. The van der Waals surface area contributed by atoms with Crippen molar-refractivity contribution < 1.29 is 13.3 Å². The predicted molar refractivity (Wildman–Crippen MR) is 308 cm³/mol. The van der Waals surface area contributed by atoms with Crippen molar-refractivity contribution >= 4 is 137 Å². The molecule has 0 unspecified atom stereocenters. The first-order chi connectivity index (χ1) is 37.7. The third-order valence-electron chi connectivity index (χ3n) is 15.9. The number of fused-ring (bicyclic) bond motifs is 21. The molecule has 0 atom stereocenters. The molecule has 17 rings (SSSR count). The van der Waals surface area contributed by atoms with Crippen LogP contribution in [0, 0.1) is 17.9 Å².